The number of carbonyl (C=O) groups excluding carboxylic acids is 1. The summed E-state index contributed by atoms with van der Waals surface area (Å²) in [4.78, 5) is 32.0. The maximum absolute atomic E-state index is 11.3. The van der Waals surface area contributed by atoms with Crippen LogP contribution >= 0.6 is 0 Å². The Bertz CT molecular complexity index is 899. The summed E-state index contributed by atoms with van der Waals surface area (Å²) in [5, 5.41) is 35.8. The molecule has 0 aliphatic rings. The summed E-state index contributed by atoms with van der Waals surface area (Å²) in [5.41, 5.74) is 3.10. The quantitative estimate of drug-likeness (QED) is 0.318. The van der Waals surface area contributed by atoms with E-state index in [4.69, 9.17) is 10.2 Å². The molecule has 7 heteroatoms. The molecule has 0 aliphatic carbocycles. The lowest BCUT2D eigenvalue weighted by Crippen LogP contribution is -2.28. The molecule has 0 saturated heterocycles. The topological polar surface area (TPSA) is 132 Å². The highest BCUT2D eigenvalue weighted by Gasteiger charge is 2.20. The highest BCUT2D eigenvalue weighted by molar-refractivity contribution is 6.40. The van der Waals surface area contributed by atoms with Gasteiger partial charge in [0.05, 0.1) is 17.8 Å². The first kappa shape index (κ1) is 31.0. The van der Waals surface area contributed by atoms with Crippen LogP contribution in [0.15, 0.2) is 42.5 Å². The number of carboxylic acids is 2. The predicted octanol–water partition coefficient (Wildman–Crippen LogP) is 4.82. The summed E-state index contributed by atoms with van der Waals surface area (Å²) in [7, 11) is 0. The Morgan fingerprint density at radius 2 is 1.35 bits per heavy atom. The number of aliphatic hydroxyl groups is 2. The first-order valence-electron chi connectivity index (χ1n) is 11.4. The number of carboxylic acid groups (broad SMARTS) is 2. The molecule has 2 aromatic rings. The lowest BCUT2D eigenvalue weighted by Gasteiger charge is -2.22. The van der Waals surface area contributed by atoms with E-state index >= 15 is 0 Å². The van der Waals surface area contributed by atoms with Crippen LogP contribution in [0.3, 0.4) is 0 Å². The van der Waals surface area contributed by atoms with Crippen molar-refractivity contribution in [1.82, 2.24) is 0 Å². The van der Waals surface area contributed by atoms with Crippen LogP contribution in [0.25, 0.3) is 0 Å². The molecule has 0 aliphatic heterocycles. The molecule has 2 aromatic carbocycles. The molecule has 0 fully saturated rings. The number of hydrogen-bond acceptors (Lipinski definition) is 5. The Morgan fingerprint density at radius 3 is 1.71 bits per heavy atom. The first-order chi connectivity index (χ1) is 15.9. The van der Waals surface area contributed by atoms with E-state index in [0.29, 0.717) is 11.1 Å². The number of benzene rings is 2. The van der Waals surface area contributed by atoms with Gasteiger partial charge in [-0.05, 0) is 56.9 Å². The Morgan fingerprint density at radius 1 is 0.853 bits per heavy atom. The Labute approximate surface area is 202 Å². The van der Waals surface area contributed by atoms with E-state index in [-0.39, 0.29) is 18.1 Å². The highest BCUT2D eigenvalue weighted by atomic mass is 16.4. The third-order valence-corrected chi connectivity index (χ3v) is 5.34. The number of aliphatic hydroxyl groups excluding tert-OH is 2. The average Bonchev–Trinajstić information content (AvgIpc) is 2.78. The molecule has 0 heterocycles. The van der Waals surface area contributed by atoms with Gasteiger partial charge in [-0.3, -0.25) is 4.79 Å². The number of hydrogen-bond donors (Lipinski definition) is 4. The van der Waals surface area contributed by atoms with Gasteiger partial charge in [0, 0.05) is 11.5 Å². The molecule has 188 valence electrons. The summed E-state index contributed by atoms with van der Waals surface area (Å²) < 4.78 is 0. The first-order valence-corrected chi connectivity index (χ1v) is 11.4. The third-order valence-electron chi connectivity index (χ3n) is 5.34. The largest absolute Gasteiger partial charge is 0.478 e. The lowest BCUT2D eigenvalue weighted by atomic mass is 9.94. The van der Waals surface area contributed by atoms with Crippen molar-refractivity contribution in [2.45, 2.75) is 73.0 Å². The SMILES string of the molecule is CCCC(O)C(C)C(O)CC.Cc1cc(C)c(C(=O)C(=O)O)c(C)c1.O=C(O)c1ccccc1. The molecule has 0 spiro atoms. The molecule has 2 rings (SSSR count). The molecule has 7 nitrogen and oxygen atoms in total. The van der Waals surface area contributed by atoms with E-state index in [2.05, 4.69) is 0 Å². The minimum atomic E-state index is -1.40. The molecule has 34 heavy (non-hydrogen) atoms. The van der Waals surface area contributed by atoms with E-state index < -0.39 is 17.7 Å². The van der Waals surface area contributed by atoms with Crippen LogP contribution in [0.4, 0.5) is 0 Å². The van der Waals surface area contributed by atoms with Gasteiger partial charge in [0.15, 0.2) is 0 Å². The number of ketones is 1. The van der Waals surface area contributed by atoms with Crippen LogP contribution in [-0.4, -0.2) is 50.4 Å². The lowest BCUT2D eigenvalue weighted by molar-refractivity contribution is -0.131. The minimum absolute atomic E-state index is 0.0138. The van der Waals surface area contributed by atoms with Gasteiger partial charge in [-0.1, -0.05) is 63.1 Å². The molecule has 0 aromatic heterocycles. The van der Waals surface area contributed by atoms with E-state index in [1.54, 1.807) is 44.2 Å². The van der Waals surface area contributed by atoms with Gasteiger partial charge in [-0.25, -0.2) is 9.59 Å². The predicted molar refractivity (Wildman–Crippen MR) is 132 cm³/mol. The van der Waals surface area contributed by atoms with Crippen LogP contribution < -0.4 is 0 Å². The highest BCUT2D eigenvalue weighted by Crippen LogP contribution is 2.17. The van der Waals surface area contributed by atoms with Crippen molar-refractivity contribution < 1.29 is 34.8 Å². The molecule has 0 saturated carbocycles. The van der Waals surface area contributed by atoms with Crippen molar-refractivity contribution in [3.63, 3.8) is 0 Å². The van der Waals surface area contributed by atoms with Gasteiger partial charge in [-0.2, -0.15) is 0 Å². The van der Waals surface area contributed by atoms with Crippen molar-refractivity contribution >= 4 is 17.7 Å². The standard InChI is InChI=1S/C11H12O3.C9H20O2.C7H6O2/c1-6-4-7(2)9(8(3)5-6)10(12)11(13)14;1-4-6-9(11)7(3)8(10)5-2;8-7(9)6-4-2-1-3-5-6/h4-5H,1-3H3,(H,13,14);7-11H,4-6H2,1-3H3;1-5H,(H,8,9). The van der Waals surface area contributed by atoms with Crippen LogP contribution in [-0.2, 0) is 4.79 Å². The molecule has 0 bridgehead atoms. The summed E-state index contributed by atoms with van der Waals surface area (Å²) in [6.45, 7) is 11.3. The zero-order valence-corrected chi connectivity index (χ0v) is 20.9. The van der Waals surface area contributed by atoms with Crippen molar-refractivity contribution in [2.75, 3.05) is 0 Å². The van der Waals surface area contributed by atoms with Gasteiger partial charge in [0.1, 0.15) is 0 Å². The number of aryl methyl sites for hydroxylation is 3. The van der Waals surface area contributed by atoms with Gasteiger partial charge in [0.25, 0.3) is 5.78 Å². The van der Waals surface area contributed by atoms with E-state index in [1.165, 1.54) is 0 Å². The van der Waals surface area contributed by atoms with E-state index in [1.807, 2.05) is 39.8 Å². The molecule has 0 amide bonds. The normalized spacial score (nSPS) is 12.7. The molecule has 3 unspecified atom stereocenters. The zero-order chi connectivity index (χ0) is 26.4. The number of aromatic carboxylic acids is 1. The Balaban J connectivity index is 0.000000493. The Hall–Kier alpha value is -3.03. The van der Waals surface area contributed by atoms with Crippen LogP contribution in [0.2, 0.25) is 0 Å². The summed E-state index contributed by atoms with van der Waals surface area (Å²) in [6, 6.07) is 11.9. The van der Waals surface area contributed by atoms with Crippen LogP contribution in [0.1, 0.15) is 77.4 Å². The van der Waals surface area contributed by atoms with Gasteiger partial charge < -0.3 is 20.4 Å². The summed E-state index contributed by atoms with van der Waals surface area (Å²) in [6.07, 6.45) is 1.80. The molecular weight excluding hydrogens is 436 g/mol. The average molecular weight is 475 g/mol. The summed E-state index contributed by atoms with van der Waals surface area (Å²) >= 11 is 0. The van der Waals surface area contributed by atoms with E-state index in [0.717, 1.165) is 36.0 Å². The van der Waals surface area contributed by atoms with Crippen molar-refractivity contribution in [3.8, 4) is 0 Å². The van der Waals surface area contributed by atoms with Gasteiger partial charge in [0.2, 0.25) is 0 Å². The molecule has 3 atom stereocenters. The smallest absolute Gasteiger partial charge is 0.377 e. The summed E-state index contributed by atoms with van der Waals surface area (Å²) in [5.74, 6) is -3.10. The van der Waals surface area contributed by atoms with Crippen LogP contribution in [0.5, 0.6) is 0 Å². The number of carbonyl (C=O) groups is 3. The van der Waals surface area contributed by atoms with Crippen LogP contribution in [0, 0.1) is 26.7 Å². The monoisotopic (exact) mass is 474 g/mol. The fourth-order valence-corrected chi connectivity index (χ4v) is 3.41. The fraction of sp³-hybridized carbons (Fsp3) is 0.444. The molecule has 0 radical (unpaired) electrons. The third kappa shape index (κ3) is 10.7. The van der Waals surface area contributed by atoms with Crippen molar-refractivity contribution in [2.24, 2.45) is 5.92 Å². The molecular formula is C27H38O7. The number of rotatable bonds is 8. The number of Topliss-reactive ketones (excluding diaryl/α,β-unsaturated/α-hetero) is 1. The van der Waals surface area contributed by atoms with E-state index in [9.17, 15) is 24.6 Å². The van der Waals surface area contributed by atoms with Gasteiger partial charge in [-0.15, -0.1) is 0 Å². The minimum Gasteiger partial charge on any atom is -0.478 e. The molecule has 4 N–H and O–H groups in total. The Kier molecular flexibility index (Phi) is 14.3. The maximum atomic E-state index is 11.3. The van der Waals surface area contributed by atoms with Crippen molar-refractivity contribution in [1.29, 1.82) is 0 Å². The second-order valence-corrected chi connectivity index (χ2v) is 8.27. The second-order valence-electron chi connectivity index (χ2n) is 8.27. The van der Waals surface area contributed by atoms with Crippen molar-refractivity contribution in [3.05, 3.63) is 70.3 Å². The van der Waals surface area contributed by atoms with Gasteiger partial charge >= 0.3 is 11.9 Å². The second kappa shape index (κ2) is 15.7. The number of aliphatic carboxylic acids is 1. The zero-order valence-electron chi connectivity index (χ0n) is 20.9. The fourth-order valence-electron chi connectivity index (χ4n) is 3.41. The maximum Gasteiger partial charge on any atom is 0.377 e.